The number of nitrogens with one attached hydrogen (secondary N) is 1. The molecule has 0 aliphatic rings. The van der Waals surface area contributed by atoms with E-state index in [0.29, 0.717) is 29.2 Å². The Morgan fingerprint density at radius 1 is 1.03 bits per heavy atom. The predicted molar refractivity (Wildman–Crippen MR) is 115 cm³/mol. The Balaban J connectivity index is 1.78. The topological polar surface area (TPSA) is 109 Å². The summed E-state index contributed by atoms with van der Waals surface area (Å²) in [7, 11) is -4.24. The minimum atomic E-state index is -4.24. The third kappa shape index (κ3) is 5.44. The highest BCUT2D eigenvalue weighted by Gasteiger charge is 2.20. The van der Waals surface area contributed by atoms with Gasteiger partial charge in [-0.25, -0.2) is 32.0 Å². The van der Waals surface area contributed by atoms with E-state index in [2.05, 4.69) is 23.8 Å². The van der Waals surface area contributed by atoms with Crippen LogP contribution in [-0.4, -0.2) is 29.5 Å². The van der Waals surface area contributed by atoms with Crippen molar-refractivity contribution in [3.8, 4) is 11.1 Å². The molecule has 0 radical (unpaired) electrons. The van der Waals surface area contributed by atoms with Gasteiger partial charge in [0.1, 0.15) is 17.5 Å². The number of sulfonamides is 1. The van der Waals surface area contributed by atoms with E-state index in [4.69, 9.17) is 5.11 Å². The van der Waals surface area contributed by atoms with Gasteiger partial charge in [-0.15, -0.1) is 0 Å². The lowest BCUT2D eigenvalue weighted by Gasteiger charge is -2.11. The zero-order chi connectivity index (χ0) is 23.5. The number of carbonyl (C=O) groups is 1. The lowest BCUT2D eigenvalue weighted by molar-refractivity contribution is 0.0691. The number of benzene rings is 2. The summed E-state index contributed by atoms with van der Waals surface area (Å²) in [6, 6.07) is 6.62. The summed E-state index contributed by atoms with van der Waals surface area (Å²) < 4.78 is 55.0. The number of aromatic nitrogens is 2. The van der Waals surface area contributed by atoms with Crippen LogP contribution < -0.4 is 4.72 Å². The van der Waals surface area contributed by atoms with Gasteiger partial charge in [0.05, 0.1) is 16.1 Å². The average molecular weight is 461 g/mol. The fourth-order valence-corrected chi connectivity index (χ4v) is 3.93. The summed E-state index contributed by atoms with van der Waals surface area (Å²) in [5.41, 5.74) is -0.204. The smallest absolute Gasteiger partial charge is 0.338 e. The first-order valence-corrected chi connectivity index (χ1v) is 11.2. The molecule has 3 rings (SSSR count). The first kappa shape index (κ1) is 23.3. The number of aryl methyl sites for hydroxylation is 1. The Morgan fingerprint density at radius 3 is 2.22 bits per heavy atom. The van der Waals surface area contributed by atoms with Crippen molar-refractivity contribution in [2.45, 2.75) is 31.6 Å². The van der Waals surface area contributed by atoms with E-state index in [-0.39, 0.29) is 4.90 Å². The quantitative estimate of drug-likeness (QED) is 0.511. The molecule has 0 bridgehead atoms. The second kappa shape index (κ2) is 9.39. The molecule has 0 saturated carbocycles. The molecule has 0 fully saturated rings. The highest BCUT2D eigenvalue weighted by molar-refractivity contribution is 7.92. The maximum absolute atomic E-state index is 14.1. The van der Waals surface area contributed by atoms with Crippen LogP contribution in [0, 0.1) is 17.6 Å². The van der Waals surface area contributed by atoms with E-state index >= 15 is 0 Å². The highest BCUT2D eigenvalue weighted by atomic mass is 32.2. The molecule has 168 valence electrons. The number of hydrogen-bond acceptors (Lipinski definition) is 5. The standard InChI is InChI=1S/C22H21F2N3O4S/c1-13(2)3-8-21-25-11-15(12-26-21)14-4-6-16(7-5-14)32(30,31)27-20-10-18(23)17(22(28)29)9-19(20)24/h4-7,9-13,27H,3,8H2,1-2H3,(H,28,29). The van der Waals surface area contributed by atoms with Gasteiger partial charge in [-0.2, -0.15) is 0 Å². The number of carboxylic acids is 1. The summed E-state index contributed by atoms with van der Waals surface area (Å²) in [6.45, 7) is 4.24. The fraction of sp³-hybridized carbons (Fsp3) is 0.227. The zero-order valence-corrected chi connectivity index (χ0v) is 18.2. The van der Waals surface area contributed by atoms with Crippen molar-refractivity contribution in [3.63, 3.8) is 0 Å². The molecule has 0 aliphatic carbocycles. The van der Waals surface area contributed by atoms with Crippen LogP contribution >= 0.6 is 0 Å². The van der Waals surface area contributed by atoms with Gasteiger partial charge in [-0.3, -0.25) is 4.72 Å². The molecule has 0 amide bonds. The van der Waals surface area contributed by atoms with Crippen molar-refractivity contribution in [2.75, 3.05) is 4.72 Å². The summed E-state index contributed by atoms with van der Waals surface area (Å²) in [5.74, 6) is -2.86. The number of carboxylic acid groups (broad SMARTS) is 1. The molecule has 10 heteroatoms. The molecule has 0 spiro atoms. The largest absolute Gasteiger partial charge is 0.478 e. The van der Waals surface area contributed by atoms with Gasteiger partial charge in [0, 0.05) is 30.4 Å². The van der Waals surface area contributed by atoms with Crippen LogP contribution in [0.1, 0.15) is 36.5 Å². The molecule has 7 nitrogen and oxygen atoms in total. The number of anilines is 1. The molecule has 1 aromatic heterocycles. The number of rotatable bonds is 8. The first-order chi connectivity index (χ1) is 15.1. The van der Waals surface area contributed by atoms with Crippen LogP contribution in [0.5, 0.6) is 0 Å². The second-order valence-electron chi connectivity index (χ2n) is 7.57. The van der Waals surface area contributed by atoms with Crippen molar-refractivity contribution in [2.24, 2.45) is 5.92 Å². The number of aromatic carboxylic acids is 1. The van der Waals surface area contributed by atoms with Gasteiger partial charge in [0.2, 0.25) is 0 Å². The van der Waals surface area contributed by atoms with Crippen LogP contribution in [0.4, 0.5) is 14.5 Å². The number of halogens is 2. The third-order valence-electron chi connectivity index (χ3n) is 4.68. The maximum Gasteiger partial charge on any atom is 0.338 e. The minimum Gasteiger partial charge on any atom is -0.478 e. The van der Waals surface area contributed by atoms with Crippen LogP contribution in [0.3, 0.4) is 0 Å². The van der Waals surface area contributed by atoms with Crippen molar-refractivity contribution < 1.29 is 27.1 Å². The molecule has 2 aromatic carbocycles. The Bertz CT molecular complexity index is 1230. The van der Waals surface area contributed by atoms with Crippen molar-refractivity contribution in [1.82, 2.24) is 9.97 Å². The maximum atomic E-state index is 14.1. The Labute approximate surface area is 184 Å². The minimum absolute atomic E-state index is 0.183. The van der Waals surface area contributed by atoms with E-state index in [1.165, 1.54) is 12.1 Å². The first-order valence-electron chi connectivity index (χ1n) is 9.73. The van der Waals surface area contributed by atoms with E-state index < -0.39 is 38.9 Å². The van der Waals surface area contributed by atoms with Crippen molar-refractivity contribution in [1.29, 1.82) is 0 Å². The molecule has 0 saturated heterocycles. The second-order valence-corrected chi connectivity index (χ2v) is 9.25. The summed E-state index contributed by atoms with van der Waals surface area (Å²) in [4.78, 5) is 19.3. The zero-order valence-electron chi connectivity index (χ0n) is 17.3. The van der Waals surface area contributed by atoms with Crippen LogP contribution in [-0.2, 0) is 16.4 Å². The van der Waals surface area contributed by atoms with Gasteiger partial charge in [0.15, 0.2) is 0 Å². The van der Waals surface area contributed by atoms with Crippen LogP contribution in [0.15, 0.2) is 53.7 Å². The lowest BCUT2D eigenvalue weighted by atomic mass is 10.1. The highest BCUT2D eigenvalue weighted by Crippen LogP contribution is 2.25. The molecular weight excluding hydrogens is 440 g/mol. The molecule has 32 heavy (non-hydrogen) atoms. The van der Waals surface area contributed by atoms with Gasteiger partial charge in [-0.05, 0) is 36.1 Å². The monoisotopic (exact) mass is 461 g/mol. The molecule has 1 heterocycles. The van der Waals surface area contributed by atoms with Gasteiger partial charge >= 0.3 is 5.97 Å². The average Bonchev–Trinajstić information content (AvgIpc) is 2.74. The van der Waals surface area contributed by atoms with Crippen molar-refractivity contribution >= 4 is 21.7 Å². The van der Waals surface area contributed by atoms with E-state index in [9.17, 15) is 22.0 Å². The third-order valence-corrected chi connectivity index (χ3v) is 6.06. The number of hydrogen-bond donors (Lipinski definition) is 2. The molecular formula is C22H21F2N3O4S. The molecule has 2 N–H and O–H groups in total. The van der Waals surface area contributed by atoms with Gasteiger partial charge in [0.25, 0.3) is 10.0 Å². The lowest BCUT2D eigenvalue weighted by Crippen LogP contribution is -2.15. The summed E-state index contributed by atoms with van der Waals surface area (Å²) in [6.07, 6.45) is 5.06. The Morgan fingerprint density at radius 2 is 1.66 bits per heavy atom. The predicted octanol–water partition coefficient (Wildman–Crippen LogP) is 4.51. The Kier molecular flexibility index (Phi) is 6.83. The number of nitrogens with zero attached hydrogens (tertiary/aromatic N) is 2. The fourth-order valence-electron chi connectivity index (χ4n) is 2.87. The summed E-state index contributed by atoms with van der Waals surface area (Å²) in [5, 5.41) is 8.82. The van der Waals surface area contributed by atoms with Gasteiger partial charge < -0.3 is 5.11 Å². The van der Waals surface area contributed by atoms with E-state index in [1.54, 1.807) is 24.5 Å². The van der Waals surface area contributed by atoms with Crippen LogP contribution in [0.25, 0.3) is 11.1 Å². The molecule has 0 unspecified atom stereocenters. The Hall–Kier alpha value is -3.40. The van der Waals surface area contributed by atoms with Crippen molar-refractivity contribution in [3.05, 3.63) is 71.8 Å². The molecule has 3 aromatic rings. The molecule has 0 atom stereocenters. The van der Waals surface area contributed by atoms with E-state index in [1.807, 2.05) is 4.72 Å². The molecule has 0 aliphatic heterocycles. The normalized spacial score (nSPS) is 11.5. The van der Waals surface area contributed by atoms with E-state index in [0.717, 1.165) is 18.7 Å². The van der Waals surface area contributed by atoms with Crippen LogP contribution in [0.2, 0.25) is 0 Å². The SMILES string of the molecule is CC(C)CCc1ncc(-c2ccc(S(=O)(=O)Nc3cc(F)c(C(=O)O)cc3F)cc2)cn1. The van der Waals surface area contributed by atoms with Gasteiger partial charge in [-0.1, -0.05) is 26.0 Å². The summed E-state index contributed by atoms with van der Waals surface area (Å²) >= 11 is 0.